The lowest BCUT2D eigenvalue weighted by Gasteiger charge is -2.14. The highest BCUT2D eigenvalue weighted by Gasteiger charge is 2.18. The highest BCUT2D eigenvalue weighted by atomic mass is 35.5. The summed E-state index contributed by atoms with van der Waals surface area (Å²) in [5.41, 5.74) is 3.17. The summed E-state index contributed by atoms with van der Waals surface area (Å²) >= 11 is 6.06. The van der Waals surface area contributed by atoms with Gasteiger partial charge in [0.05, 0.1) is 12.3 Å². The number of aromatic nitrogens is 2. The molecular formula is C19H18ClN3O2. The molecule has 1 aromatic carbocycles. The van der Waals surface area contributed by atoms with Crippen LogP contribution in [-0.2, 0) is 4.74 Å². The van der Waals surface area contributed by atoms with Gasteiger partial charge in [0.15, 0.2) is 5.65 Å². The molecule has 3 rings (SSSR count). The first kappa shape index (κ1) is 17.2. The first-order chi connectivity index (χ1) is 12.1. The Labute approximate surface area is 151 Å². The van der Waals surface area contributed by atoms with Crippen LogP contribution in [0, 0.1) is 6.92 Å². The lowest BCUT2D eigenvalue weighted by atomic mass is 10.1. The normalized spacial score (nSPS) is 10.7. The van der Waals surface area contributed by atoms with Gasteiger partial charge in [-0.15, -0.1) is 0 Å². The maximum absolute atomic E-state index is 12.4. The van der Waals surface area contributed by atoms with Crippen LogP contribution in [-0.4, -0.2) is 22.5 Å². The summed E-state index contributed by atoms with van der Waals surface area (Å²) in [6.45, 7) is 4.21. The molecule has 25 heavy (non-hydrogen) atoms. The topological polar surface area (TPSA) is 64.1 Å². The number of halogens is 1. The number of benzene rings is 1. The van der Waals surface area contributed by atoms with Crippen molar-refractivity contribution in [2.75, 3.05) is 11.9 Å². The first-order valence-electron chi connectivity index (χ1n) is 8.04. The molecule has 0 radical (unpaired) electrons. The van der Waals surface area contributed by atoms with Crippen molar-refractivity contribution in [1.82, 2.24) is 9.97 Å². The van der Waals surface area contributed by atoms with Crippen LogP contribution in [0.25, 0.3) is 11.0 Å². The number of hydrogen-bond acceptors (Lipinski definition) is 5. The summed E-state index contributed by atoms with van der Waals surface area (Å²) in [4.78, 5) is 21.2. The smallest absolute Gasteiger partial charge is 0.341 e. The molecule has 0 amide bonds. The molecule has 0 aliphatic heterocycles. The Kier molecular flexibility index (Phi) is 5.14. The van der Waals surface area contributed by atoms with Crippen LogP contribution in [0.2, 0.25) is 5.02 Å². The van der Waals surface area contributed by atoms with Gasteiger partial charge in [-0.3, -0.25) is 0 Å². The minimum absolute atomic E-state index is 0.361. The third kappa shape index (κ3) is 3.88. The first-order valence-corrected chi connectivity index (χ1v) is 8.42. The fraction of sp³-hybridized carbons (Fsp3) is 0.211. The number of aryl methyl sites for hydroxylation is 1. The SMILES string of the molecule is CCCOC(=O)c1cnc2nc(C)ccc2c1Nc1cccc(Cl)c1. The highest BCUT2D eigenvalue weighted by Crippen LogP contribution is 2.30. The third-order valence-electron chi connectivity index (χ3n) is 3.62. The number of pyridine rings is 2. The van der Waals surface area contributed by atoms with E-state index in [0.29, 0.717) is 28.5 Å². The lowest BCUT2D eigenvalue weighted by molar-refractivity contribution is 0.0506. The molecule has 6 heteroatoms. The number of anilines is 2. The van der Waals surface area contributed by atoms with Crippen LogP contribution in [0.1, 0.15) is 29.4 Å². The Morgan fingerprint density at radius 3 is 2.88 bits per heavy atom. The molecule has 2 heterocycles. The van der Waals surface area contributed by atoms with Gasteiger partial charge in [-0.25, -0.2) is 14.8 Å². The van der Waals surface area contributed by atoms with E-state index in [1.807, 2.05) is 38.1 Å². The Bertz CT molecular complexity index is 928. The zero-order chi connectivity index (χ0) is 17.8. The average Bonchev–Trinajstić information content (AvgIpc) is 2.59. The fourth-order valence-electron chi connectivity index (χ4n) is 2.44. The minimum atomic E-state index is -0.415. The van der Waals surface area contributed by atoms with Gasteiger partial charge >= 0.3 is 5.97 Å². The van der Waals surface area contributed by atoms with Crippen molar-refractivity contribution < 1.29 is 9.53 Å². The van der Waals surface area contributed by atoms with E-state index in [2.05, 4.69) is 15.3 Å². The van der Waals surface area contributed by atoms with Crippen molar-refractivity contribution in [3.8, 4) is 0 Å². The van der Waals surface area contributed by atoms with Crippen molar-refractivity contribution in [3.63, 3.8) is 0 Å². The van der Waals surface area contributed by atoms with Gasteiger partial charge in [-0.05, 0) is 43.7 Å². The Morgan fingerprint density at radius 2 is 2.12 bits per heavy atom. The van der Waals surface area contributed by atoms with Gasteiger partial charge in [-0.2, -0.15) is 0 Å². The second-order valence-electron chi connectivity index (χ2n) is 5.64. The zero-order valence-corrected chi connectivity index (χ0v) is 14.8. The van der Waals surface area contributed by atoms with E-state index in [0.717, 1.165) is 23.2 Å². The van der Waals surface area contributed by atoms with Crippen LogP contribution >= 0.6 is 11.6 Å². The van der Waals surface area contributed by atoms with Crippen molar-refractivity contribution in [1.29, 1.82) is 0 Å². The Hall–Kier alpha value is -2.66. The number of carbonyl (C=O) groups excluding carboxylic acids is 1. The molecule has 0 atom stereocenters. The molecule has 0 spiro atoms. The molecule has 0 bridgehead atoms. The maximum Gasteiger partial charge on any atom is 0.341 e. The highest BCUT2D eigenvalue weighted by molar-refractivity contribution is 6.30. The van der Waals surface area contributed by atoms with E-state index in [-0.39, 0.29) is 0 Å². The van der Waals surface area contributed by atoms with Crippen molar-refractivity contribution in [3.05, 3.63) is 58.9 Å². The van der Waals surface area contributed by atoms with E-state index in [1.54, 1.807) is 12.1 Å². The molecule has 128 valence electrons. The molecule has 2 aromatic heterocycles. The second kappa shape index (κ2) is 7.49. The van der Waals surface area contributed by atoms with Gasteiger partial charge in [0.2, 0.25) is 0 Å². The van der Waals surface area contributed by atoms with Crippen molar-refractivity contribution >= 4 is 40.0 Å². The molecule has 0 saturated heterocycles. The van der Waals surface area contributed by atoms with Crippen LogP contribution < -0.4 is 5.32 Å². The fourth-order valence-corrected chi connectivity index (χ4v) is 2.63. The molecule has 0 aliphatic rings. The van der Waals surface area contributed by atoms with Gasteiger partial charge in [0.1, 0.15) is 5.56 Å². The van der Waals surface area contributed by atoms with Crippen molar-refractivity contribution in [2.45, 2.75) is 20.3 Å². The van der Waals surface area contributed by atoms with E-state index in [9.17, 15) is 4.79 Å². The number of fused-ring (bicyclic) bond motifs is 1. The largest absolute Gasteiger partial charge is 0.462 e. The number of ether oxygens (including phenoxy) is 1. The number of rotatable bonds is 5. The van der Waals surface area contributed by atoms with Crippen LogP contribution in [0.15, 0.2) is 42.6 Å². The van der Waals surface area contributed by atoms with Gasteiger partial charge in [-0.1, -0.05) is 24.6 Å². The quantitative estimate of drug-likeness (QED) is 0.659. The van der Waals surface area contributed by atoms with Crippen LogP contribution in [0.3, 0.4) is 0 Å². The zero-order valence-electron chi connectivity index (χ0n) is 14.0. The van der Waals surface area contributed by atoms with E-state index >= 15 is 0 Å². The minimum Gasteiger partial charge on any atom is -0.462 e. The Morgan fingerprint density at radius 1 is 1.28 bits per heavy atom. The molecular weight excluding hydrogens is 338 g/mol. The molecule has 5 nitrogen and oxygen atoms in total. The molecule has 0 saturated carbocycles. The number of carbonyl (C=O) groups is 1. The van der Waals surface area contributed by atoms with Gasteiger partial charge in [0, 0.05) is 28.0 Å². The van der Waals surface area contributed by atoms with E-state index in [1.165, 1.54) is 6.20 Å². The monoisotopic (exact) mass is 355 g/mol. The van der Waals surface area contributed by atoms with Crippen molar-refractivity contribution in [2.24, 2.45) is 0 Å². The summed E-state index contributed by atoms with van der Waals surface area (Å²) in [5, 5.41) is 4.62. The van der Waals surface area contributed by atoms with Gasteiger partial charge in [0.25, 0.3) is 0 Å². The number of nitrogens with one attached hydrogen (secondary N) is 1. The third-order valence-corrected chi connectivity index (χ3v) is 3.86. The second-order valence-corrected chi connectivity index (χ2v) is 6.08. The Balaban J connectivity index is 2.11. The van der Waals surface area contributed by atoms with Gasteiger partial charge < -0.3 is 10.1 Å². The van der Waals surface area contributed by atoms with E-state index < -0.39 is 5.97 Å². The standard InChI is InChI=1S/C19H18ClN3O2/c1-3-9-25-19(24)16-11-21-18-15(8-7-12(2)22-18)17(16)23-14-6-4-5-13(20)10-14/h4-8,10-11H,3,9H2,1-2H3,(H,21,22,23). The lowest BCUT2D eigenvalue weighted by Crippen LogP contribution is -2.10. The summed E-state index contributed by atoms with van der Waals surface area (Å²) in [6.07, 6.45) is 2.25. The predicted molar refractivity (Wildman–Crippen MR) is 99.6 cm³/mol. The summed E-state index contributed by atoms with van der Waals surface area (Å²) in [5.74, 6) is -0.415. The average molecular weight is 356 g/mol. The van der Waals surface area contributed by atoms with Crippen LogP contribution in [0.5, 0.6) is 0 Å². The number of nitrogens with zero attached hydrogens (tertiary/aromatic N) is 2. The maximum atomic E-state index is 12.4. The summed E-state index contributed by atoms with van der Waals surface area (Å²) in [7, 11) is 0. The molecule has 0 unspecified atom stereocenters. The van der Waals surface area contributed by atoms with Crippen LogP contribution in [0.4, 0.5) is 11.4 Å². The molecule has 3 aromatic rings. The van der Waals surface area contributed by atoms with E-state index in [4.69, 9.17) is 16.3 Å². The predicted octanol–water partition coefficient (Wildman–Crippen LogP) is 4.90. The number of hydrogen-bond donors (Lipinski definition) is 1. The molecule has 1 N–H and O–H groups in total. The number of esters is 1. The summed E-state index contributed by atoms with van der Waals surface area (Å²) in [6, 6.07) is 11.1. The summed E-state index contributed by atoms with van der Waals surface area (Å²) < 4.78 is 5.29. The molecule has 0 fully saturated rings. The molecule has 0 aliphatic carbocycles.